The standard InChI is InChI=1S/C36H58O9/c1-20-17-22(29(32(5,6)39)43-21(2)37)44-27-26(20)33(7)15-16-36-18-35(36)14-13-25(45-30(41-10)42-19-40-9)31(3,4)23(35)11-12-24(36)34(33,8)28(27)38/h20,22-27,29-30,39H,11-19H2,1-10H3/t20-,22?,23+,24?,25+,26+,27?,29+,30+,33-,34-,35-,36+/m1/s1. The number of carbonyl (C=O) groups excluding carboxylic acids is 2. The van der Waals surface area contributed by atoms with Crippen molar-refractivity contribution < 1.29 is 43.1 Å². The lowest BCUT2D eigenvalue weighted by Gasteiger charge is -2.62. The highest BCUT2D eigenvalue weighted by Crippen LogP contribution is 2.89. The normalized spacial score (nSPS) is 47.8. The Balaban J connectivity index is 1.27. The van der Waals surface area contributed by atoms with Crippen molar-refractivity contribution in [1.82, 2.24) is 0 Å². The molecule has 0 aromatic heterocycles. The first-order valence-corrected chi connectivity index (χ1v) is 17.3. The van der Waals surface area contributed by atoms with Gasteiger partial charge in [-0.3, -0.25) is 9.59 Å². The Morgan fingerprint density at radius 2 is 1.71 bits per heavy atom. The smallest absolute Gasteiger partial charge is 0.303 e. The second-order valence-corrected chi connectivity index (χ2v) is 17.3. The molecule has 13 atom stereocenters. The molecule has 0 aromatic rings. The quantitative estimate of drug-likeness (QED) is 0.254. The van der Waals surface area contributed by atoms with Gasteiger partial charge < -0.3 is 33.5 Å². The van der Waals surface area contributed by atoms with Gasteiger partial charge in [-0.1, -0.05) is 34.6 Å². The van der Waals surface area contributed by atoms with Gasteiger partial charge in [-0.2, -0.15) is 0 Å². The zero-order valence-corrected chi connectivity index (χ0v) is 29.3. The van der Waals surface area contributed by atoms with Crippen LogP contribution in [0.2, 0.25) is 0 Å². The van der Waals surface area contributed by atoms with Crippen LogP contribution in [0, 0.1) is 50.7 Å². The maximum Gasteiger partial charge on any atom is 0.303 e. The number of esters is 1. The summed E-state index contributed by atoms with van der Waals surface area (Å²) in [5.41, 5.74) is -1.62. The molecule has 0 bridgehead atoms. The van der Waals surface area contributed by atoms with Crippen LogP contribution in [0.5, 0.6) is 0 Å². The minimum atomic E-state index is -1.29. The SMILES string of the molecule is COCO[C@H](OC)O[C@H]1CC[C@]23C[C@]24CC[C@]2(C)[C@@H]5C(OC([C@H](OC(C)=O)C(C)(C)O)C[C@H]5C)C(=O)[C@@]2(C)C4CC[C@H]3C1(C)C. The first kappa shape index (κ1) is 33.8. The summed E-state index contributed by atoms with van der Waals surface area (Å²) in [4.78, 5) is 27.0. The third kappa shape index (κ3) is 4.60. The van der Waals surface area contributed by atoms with Crippen molar-refractivity contribution in [2.24, 2.45) is 50.7 Å². The number of methoxy groups -OCH3 is 2. The van der Waals surface area contributed by atoms with Gasteiger partial charge in [0.25, 0.3) is 6.48 Å². The Morgan fingerprint density at radius 1 is 1.04 bits per heavy atom. The molecule has 1 saturated heterocycles. The van der Waals surface area contributed by atoms with Gasteiger partial charge >= 0.3 is 5.97 Å². The van der Waals surface area contributed by atoms with Crippen molar-refractivity contribution in [3.8, 4) is 0 Å². The molecule has 5 aliphatic carbocycles. The van der Waals surface area contributed by atoms with Gasteiger partial charge in [0.15, 0.2) is 18.7 Å². The van der Waals surface area contributed by atoms with E-state index in [1.165, 1.54) is 13.3 Å². The van der Waals surface area contributed by atoms with E-state index in [1.54, 1.807) is 28.1 Å². The average Bonchev–Trinajstić information content (AvgIpc) is 3.59. The van der Waals surface area contributed by atoms with E-state index in [9.17, 15) is 14.7 Å². The number of hydrogen-bond acceptors (Lipinski definition) is 9. The molecule has 6 rings (SSSR count). The van der Waals surface area contributed by atoms with Crippen LogP contribution >= 0.6 is 0 Å². The van der Waals surface area contributed by atoms with Crippen LogP contribution < -0.4 is 0 Å². The van der Waals surface area contributed by atoms with Gasteiger partial charge in [0.1, 0.15) is 6.10 Å². The van der Waals surface area contributed by atoms with Gasteiger partial charge in [0.05, 0.1) is 17.8 Å². The second-order valence-electron chi connectivity index (χ2n) is 17.3. The molecule has 6 fully saturated rings. The van der Waals surface area contributed by atoms with E-state index >= 15 is 0 Å². The lowest BCUT2D eigenvalue weighted by atomic mass is 9.41. The van der Waals surface area contributed by atoms with E-state index < -0.39 is 41.8 Å². The molecule has 5 saturated carbocycles. The molecule has 256 valence electrons. The number of hydrogen-bond donors (Lipinski definition) is 1. The molecule has 1 heterocycles. The van der Waals surface area contributed by atoms with Crippen LogP contribution in [-0.4, -0.2) is 74.4 Å². The molecule has 0 amide bonds. The predicted molar refractivity (Wildman–Crippen MR) is 166 cm³/mol. The molecule has 0 aromatic carbocycles. The predicted octanol–water partition coefficient (Wildman–Crippen LogP) is 5.65. The second kappa shape index (κ2) is 11.0. The van der Waals surface area contributed by atoms with Crippen molar-refractivity contribution in [3.05, 3.63) is 0 Å². The summed E-state index contributed by atoms with van der Waals surface area (Å²) in [5, 5.41) is 11.0. The summed E-state index contributed by atoms with van der Waals surface area (Å²) in [7, 11) is 3.19. The number of carbonyl (C=O) groups is 2. The molecule has 1 aliphatic heterocycles. The summed E-state index contributed by atoms with van der Waals surface area (Å²) in [6.45, 7) is 15.6. The maximum atomic E-state index is 14.9. The van der Waals surface area contributed by atoms with Crippen LogP contribution in [-0.2, 0) is 38.0 Å². The van der Waals surface area contributed by atoms with E-state index in [1.807, 2.05) is 0 Å². The summed E-state index contributed by atoms with van der Waals surface area (Å²) in [6, 6.07) is 0. The number of Topliss-reactive ketones (excluding diaryl/α,β-unsaturated/α-hetero) is 1. The van der Waals surface area contributed by atoms with Crippen LogP contribution in [0.4, 0.5) is 0 Å². The van der Waals surface area contributed by atoms with Gasteiger partial charge in [0.2, 0.25) is 0 Å². The van der Waals surface area contributed by atoms with Gasteiger partial charge in [-0.15, -0.1) is 0 Å². The molecule has 0 radical (unpaired) electrons. The molecular weight excluding hydrogens is 576 g/mol. The number of fused-ring (bicyclic) bond motifs is 4. The van der Waals surface area contributed by atoms with Crippen molar-refractivity contribution in [1.29, 1.82) is 0 Å². The van der Waals surface area contributed by atoms with Crippen LogP contribution in [0.25, 0.3) is 0 Å². The van der Waals surface area contributed by atoms with E-state index in [0.717, 1.165) is 38.5 Å². The van der Waals surface area contributed by atoms with E-state index in [-0.39, 0.29) is 52.2 Å². The fourth-order valence-electron chi connectivity index (χ4n) is 12.7. The number of rotatable bonds is 9. The van der Waals surface area contributed by atoms with E-state index in [0.29, 0.717) is 18.3 Å². The third-order valence-corrected chi connectivity index (χ3v) is 14.6. The van der Waals surface area contributed by atoms with Crippen molar-refractivity contribution in [2.45, 2.75) is 143 Å². The maximum absolute atomic E-state index is 14.9. The first-order chi connectivity index (χ1) is 20.9. The Hall–Kier alpha value is -1.10. The minimum Gasteiger partial charge on any atom is -0.457 e. The topological polar surface area (TPSA) is 110 Å². The van der Waals surface area contributed by atoms with Crippen LogP contribution in [0.3, 0.4) is 0 Å². The van der Waals surface area contributed by atoms with Gasteiger partial charge in [-0.05, 0) is 105 Å². The Morgan fingerprint density at radius 3 is 2.33 bits per heavy atom. The largest absolute Gasteiger partial charge is 0.457 e. The molecule has 9 nitrogen and oxygen atoms in total. The van der Waals surface area contributed by atoms with E-state index in [2.05, 4.69) is 34.6 Å². The molecular formula is C36H58O9. The minimum absolute atomic E-state index is 0.0108. The van der Waals surface area contributed by atoms with Crippen LogP contribution in [0.1, 0.15) is 107 Å². The number of aliphatic hydroxyl groups is 1. The fraction of sp³-hybridized carbons (Fsp3) is 0.944. The molecule has 3 unspecified atom stereocenters. The molecule has 1 N–H and O–H groups in total. The Labute approximate surface area is 269 Å². The monoisotopic (exact) mass is 634 g/mol. The molecule has 9 heteroatoms. The summed E-state index contributed by atoms with van der Waals surface area (Å²) >= 11 is 0. The van der Waals surface area contributed by atoms with Gasteiger partial charge in [-0.25, -0.2) is 0 Å². The van der Waals surface area contributed by atoms with Crippen molar-refractivity contribution >= 4 is 11.8 Å². The highest BCUT2D eigenvalue weighted by molar-refractivity contribution is 5.93. The average molecular weight is 635 g/mol. The lowest BCUT2D eigenvalue weighted by molar-refractivity contribution is -0.335. The van der Waals surface area contributed by atoms with E-state index in [4.69, 9.17) is 28.4 Å². The van der Waals surface area contributed by atoms with Crippen molar-refractivity contribution in [2.75, 3.05) is 21.0 Å². The summed E-state index contributed by atoms with van der Waals surface area (Å²) in [6.07, 6.45) is 6.28. The fourth-order valence-corrected chi connectivity index (χ4v) is 12.7. The molecule has 45 heavy (non-hydrogen) atoms. The zero-order chi connectivity index (χ0) is 33.0. The molecule has 6 aliphatic rings. The van der Waals surface area contributed by atoms with Gasteiger partial charge in [0, 0.05) is 32.5 Å². The summed E-state index contributed by atoms with van der Waals surface area (Å²) in [5.74, 6) is 0.909. The van der Waals surface area contributed by atoms with Crippen molar-refractivity contribution in [3.63, 3.8) is 0 Å². The number of ether oxygens (including phenoxy) is 6. The summed E-state index contributed by atoms with van der Waals surface area (Å²) < 4.78 is 35.0. The third-order valence-electron chi connectivity index (χ3n) is 14.6. The molecule has 2 spiro atoms. The first-order valence-electron chi connectivity index (χ1n) is 17.3. The highest BCUT2D eigenvalue weighted by atomic mass is 16.9. The lowest BCUT2D eigenvalue weighted by Crippen LogP contribution is -2.59. The highest BCUT2D eigenvalue weighted by Gasteiger charge is 2.85. The van der Waals surface area contributed by atoms with Crippen LogP contribution in [0.15, 0.2) is 0 Å². The Kier molecular flexibility index (Phi) is 8.23. The number of ketones is 1. The zero-order valence-electron chi connectivity index (χ0n) is 29.3. The Bertz CT molecular complexity index is 1180.